The molecule has 0 saturated carbocycles. The molecule has 2 aromatic rings. The van der Waals surface area contributed by atoms with Gasteiger partial charge in [0.2, 0.25) is 0 Å². The number of aryl methyl sites for hydroxylation is 1. The predicted molar refractivity (Wildman–Crippen MR) is 80.8 cm³/mol. The molecule has 0 amide bonds. The lowest BCUT2D eigenvalue weighted by molar-refractivity contribution is 0.638. The summed E-state index contributed by atoms with van der Waals surface area (Å²) in [6, 6.07) is 10.7. The quantitative estimate of drug-likeness (QED) is 0.851. The van der Waals surface area contributed by atoms with Crippen LogP contribution in [0.1, 0.15) is 18.4 Å². The van der Waals surface area contributed by atoms with Gasteiger partial charge in [-0.25, -0.2) is 4.98 Å². The van der Waals surface area contributed by atoms with Gasteiger partial charge in [0.1, 0.15) is 5.82 Å². The summed E-state index contributed by atoms with van der Waals surface area (Å²) in [4.78, 5) is 7.33. The van der Waals surface area contributed by atoms with Crippen molar-refractivity contribution >= 4 is 16.7 Å². The molecule has 0 saturated heterocycles. The molecule has 0 bridgehead atoms. The summed E-state index contributed by atoms with van der Waals surface area (Å²) in [6.45, 7) is 3.31. The number of hydrogen-bond acceptors (Lipinski definition) is 3. The second-order valence-electron chi connectivity index (χ2n) is 5.21. The maximum atomic E-state index is 4.88. The number of nitrogens with zero attached hydrogens (tertiary/aromatic N) is 2. The van der Waals surface area contributed by atoms with Crippen molar-refractivity contribution < 1.29 is 0 Å². The Bertz CT molecular complexity index is 565. The van der Waals surface area contributed by atoms with E-state index in [1.54, 1.807) is 0 Å². The second kappa shape index (κ2) is 5.57. The molecule has 1 aromatic heterocycles. The normalized spacial score (nSPS) is 14.7. The van der Waals surface area contributed by atoms with Gasteiger partial charge >= 0.3 is 0 Å². The molecule has 3 rings (SSSR count). The van der Waals surface area contributed by atoms with Crippen LogP contribution in [-0.2, 0) is 6.42 Å². The van der Waals surface area contributed by atoms with Crippen LogP contribution in [0.3, 0.4) is 0 Å². The highest BCUT2D eigenvalue weighted by atomic mass is 15.2. The first-order valence-corrected chi connectivity index (χ1v) is 7.17. The van der Waals surface area contributed by atoms with E-state index in [-0.39, 0.29) is 0 Å². The number of aromatic nitrogens is 1. The van der Waals surface area contributed by atoms with Crippen molar-refractivity contribution in [2.24, 2.45) is 0 Å². The molecule has 100 valence electrons. The van der Waals surface area contributed by atoms with Crippen molar-refractivity contribution in [3.8, 4) is 0 Å². The highest BCUT2D eigenvalue weighted by Crippen LogP contribution is 2.28. The van der Waals surface area contributed by atoms with Gasteiger partial charge < -0.3 is 10.2 Å². The van der Waals surface area contributed by atoms with Crippen molar-refractivity contribution in [3.05, 3.63) is 35.9 Å². The van der Waals surface area contributed by atoms with Crippen molar-refractivity contribution in [2.75, 3.05) is 31.6 Å². The average Bonchev–Trinajstić information content (AvgIpc) is 2.46. The molecule has 0 radical (unpaired) electrons. The first-order valence-electron chi connectivity index (χ1n) is 7.17. The number of anilines is 1. The summed E-state index contributed by atoms with van der Waals surface area (Å²) >= 11 is 0. The minimum Gasteiger partial charge on any atom is -0.356 e. The molecule has 0 fully saturated rings. The first-order chi connectivity index (χ1) is 9.38. The van der Waals surface area contributed by atoms with Gasteiger partial charge in [-0.05, 0) is 50.6 Å². The molecule has 0 spiro atoms. The Morgan fingerprint density at radius 2 is 2.21 bits per heavy atom. The lowest BCUT2D eigenvalue weighted by Crippen LogP contribution is -2.32. The summed E-state index contributed by atoms with van der Waals surface area (Å²) in [7, 11) is 2.01. The molecule has 1 N–H and O–H groups in total. The number of rotatable bonds is 4. The van der Waals surface area contributed by atoms with Crippen molar-refractivity contribution in [2.45, 2.75) is 19.3 Å². The van der Waals surface area contributed by atoms with E-state index >= 15 is 0 Å². The Morgan fingerprint density at radius 1 is 1.32 bits per heavy atom. The van der Waals surface area contributed by atoms with Crippen LogP contribution in [-0.4, -0.2) is 31.7 Å². The SMILES string of the molecule is CNCCCN1CCCc2cc3ccccc3nc21. The fraction of sp³-hybridized carbons (Fsp3) is 0.438. The van der Waals surface area contributed by atoms with Gasteiger partial charge in [-0.2, -0.15) is 0 Å². The molecular formula is C16H21N3. The summed E-state index contributed by atoms with van der Waals surface area (Å²) in [6.07, 6.45) is 3.58. The molecule has 1 aromatic carbocycles. The third-order valence-corrected chi connectivity index (χ3v) is 3.81. The zero-order chi connectivity index (χ0) is 13.1. The third kappa shape index (κ3) is 2.56. The Labute approximate surface area is 114 Å². The molecule has 19 heavy (non-hydrogen) atoms. The van der Waals surface area contributed by atoms with Gasteiger partial charge in [0.15, 0.2) is 0 Å². The van der Waals surface area contributed by atoms with Gasteiger partial charge in [-0.1, -0.05) is 18.2 Å². The summed E-state index contributed by atoms with van der Waals surface area (Å²) in [5, 5.41) is 4.48. The zero-order valence-electron chi connectivity index (χ0n) is 11.5. The molecule has 1 aliphatic heterocycles. The van der Waals surface area contributed by atoms with E-state index in [9.17, 15) is 0 Å². The van der Waals surface area contributed by atoms with Crippen molar-refractivity contribution in [3.63, 3.8) is 0 Å². The molecule has 0 unspecified atom stereocenters. The summed E-state index contributed by atoms with van der Waals surface area (Å²) in [5.74, 6) is 1.21. The summed E-state index contributed by atoms with van der Waals surface area (Å²) < 4.78 is 0. The summed E-state index contributed by atoms with van der Waals surface area (Å²) in [5.41, 5.74) is 2.52. The van der Waals surface area contributed by atoms with E-state index in [0.717, 1.165) is 31.6 Å². The molecule has 1 aliphatic rings. The van der Waals surface area contributed by atoms with Crippen LogP contribution in [0.4, 0.5) is 5.82 Å². The van der Waals surface area contributed by atoms with E-state index in [0.29, 0.717) is 0 Å². The Hall–Kier alpha value is -1.61. The Balaban J connectivity index is 1.91. The van der Waals surface area contributed by atoms with Gasteiger partial charge in [-0.3, -0.25) is 0 Å². The monoisotopic (exact) mass is 255 g/mol. The predicted octanol–water partition coefficient (Wildman–Crippen LogP) is 2.60. The topological polar surface area (TPSA) is 28.2 Å². The van der Waals surface area contributed by atoms with E-state index in [1.807, 2.05) is 7.05 Å². The number of fused-ring (bicyclic) bond motifs is 2. The van der Waals surface area contributed by atoms with Crippen LogP contribution in [0.5, 0.6) is 0 Å². The maximum Gasteiger partial charge on any atom is 0.132 e. The Kier molecular flexibility index (Phi) is 3.65. The van der Waals surface area contributed by atoms with Crippen LogP contribution in [0, 0.1) is 0 Å². The fourth-order valence-electron chi connectivity index (χ4n) is 2.84. The maximum absolute atomic E-state index is 4.88. The fourth-order valence-corrected chi connectivity index (χ4v) is 2.84. The highest BCUT2D eigenvalue weighted by Gasteiger charge is 2.18. The average molecular weight is 255 g/mol. The van der Waals surface area contributed by atoms with Crippen molar-refractivity contribution in [1.29, 1.82) is 0 Å². The lowest BCUT2D eigenvalue weighted by Gasteiger charge is -2.30. The number of para-hydroxylation sites is 1. The van der Waals surface area contributed by atoms with Gasteiger partial charge in [-0.15, -0.1) is 0 Å². The van der Waals surface area contributed by atoms with E-state index in [2.05, 4.69) is 40.5 Å². The number of nitrogens with one attached hydrogen (secondary N) is 1. The van der Waals surface area contributed by atoms with Gasteiger partial charge in [0, 0.05) is 18.5 Å². The molecule has 2 heterocycles. The van der Waals surface area contributed by atoms with Crippen LogP contribution in [0.2, 0.25) is 0 Å². The standard InChI is InChI=1S/C16H21N3/c1-17-9-5-11-19-10-4-7-14-12-13-6-2-3-8-15(13)18-16(14)19/h2-3,6,8,12,17H,4-5,7,9-11H2,1H3. The molecular weight excluding hydrogens is 234 g/mol. The number of hydrogen-bond donors (Lipinski definition) is 1. The number of pyridine rings is 1. The highest BCUT2D eigenvalue weighted by molar-refractivity contribution is 5.82. The molecule has 3 heteroatoms. The number of benzene rings is 1. The first kappa shape index (κ1) is 12.4. The minimum atomic E-state index is 1.07. The van der Waals surface area contributed by atoms with Crippen LogP contribution in [0.25, 0.3) is 10.9 Å². The second-order valence-corrected chi connectivity index (χ2v) is 5.21. The largest absolute Gasteiger partial charge is 0.356 e. The van der Waals surface area contributed by atoms with Gasteiger partial charge in [0.05, 0.1) is 5.52 Å². The van der Waals surface area contributed by atoms with E-state index in [4.69, 9.17) is 4.98 Å². The van der Waals surface area contributed by atoms with Crippen LogP contribution < -0.4 is 10.2 Å². The molecule has 0 atom stereocenters. The van der Waals surface area contributed by atoms with E-state index < -0.39 is 0 Å². The van der Waals surface area contributed by atoms with E-state index in [1.165, 1.54) is 29.6 Å². The van der Waals surface area contributed by atoms with Gasteiger partial charge in [0.25, 0.3) is 0 Å². The Morgan fingerprint density at radius 3 is 3.11 bits per heavy atom. The zero-order valence-corrected chi connectivity index (χ0v) is 11.5. The molecule has 0 aliphatic carbocycles. The third-order valence-electron chi connectivity index (χ3n) is 3.81. The lowest BCUT2D eigenvalue weighted by atomic mass is 10.0. The van der Waals surface area contributed by atoms with Crippen LogP contribution in [0.15, 0.2) is 30.3 Å². The smallest absolute Gasteiger partial charge is 0.132 e. The van der Waals surface area contributed by atoms with Crippen LogP contribution >= 0.6 is 0 Å². The molecule has 3 nitrogen and oxygen atoms in total. The van der Waals surface area contributed by atoms with Crippen molar-refractivity contribution in [1.82, 2.24) is 10.3 Å². The minimum absolute atomic E-state index is 1.07.